The molecule has 1 aliphatic heterocycles. The van der Waals surface area contributed by atoms with Crippen LogP contribution in [0, 0.1) is 11.3 Å². The van der Waals surface area contributed by atoms with E-state index in [1.165, 1.54) is 0 Å². The van der Waals surface area contributed by atoms with E-state index in [-0.39, 0.29) is 11.5 Å². The highest BCUT2D eigenvalue weighted by atomic mass is 16.2. The van der Waals surface area contributed by atoms with Crippen LogP contribution in [0.15, 0.2) is 0 Å². The molecule has 0 bridgehead atoms. The fourth-order valence-electron chi connectivity index (χ4n) is 2.27. The molecule has 3 nitrogen and oxygen atoms in total. The van der Waals surface area contributed by atoms with Gasteiger partial charge < -0.3 is 10.2 Å². The van der Waals surface area contributed by atoms with Gasteiger partial charge >= 0.3 is 0 Å². The summed E-state index contributed by atoms with van der Waals surface area (Å²) in [7, 11) is 1.94. The molecule has 1 saturated heterocycles. The number of piperidine rings is 1. The fourth-order valence-corrected chi connectivity index (χ4v) is 2.27. The minimum absolute atomic E-state index is 0.151. The van der Waals surface area contributed by atoms with Gasteiger partial charge in [-0.05, 0) is 44.2 Å². The van der Waals surface area contributed by atoms with Gasteiger partial charge in [0.15, 0.2) is 0 Å². The van der Waals surface area contributed by atoms with Gasteiger partial charge in [0.1, 0.15) is 0 Å². The lowest BCUT2D eigenvalue weighted by atomic mass is 9.86. The second-order valence-electron chi connectivity index (χ2n) is 6.44. The number of hydrogen-bond donors (Lipinski definition) is 1. The lowest BCUT2D eigenvalue weighted by molar-refractivity contribution is -0.134. The Bertz CT molecular complexity index is 251. The van der Waals surface area contributed by atoms with Crippen LogP contribution in [-0.2, 0) is 4.79 Å². The first-order chi connectivity index (χ1) is 7.82. The van der Waals surface area contributed by atoms with Crippen molar-refractivity contribution in [3.8, 4) is 0 Å². The maximum Gasteiger partial charge on any atom is 0.222 e. The van der Waals surface area contributed by atoms with E-state index in [1.54, 1.807) is 0 Å². The van der Waals surface area contributed by atoms with Gasteiger partial charge in [-0.3, -0.25) is 4.79 Å². The van der Waals surface area contributed by atoms with Crippen LogP contribution in [0.4, 0.5) is 0 Å². The summed E-state index contributed by atoms with van der Waals surface area (Å²) in [6.07, 6.45) is 3.01. The van der Waals surface area contributed by atoms with Gasteiger partial charge in [0.2, 0.25) is 5.91 Å². The minimum atomic E-state index is 0.151. The molecule has 1 heterocycles. The highest BCUT2D eigenvalue weighted by Gasteiger charge is 2.28. The van der Waals surface area contributed by atoms with Crippen molar-refractivity contribution in [1.82, 2.24) is 10.2 Å². The maximum absolute atomic E-state index is 12.2. The van der Waals surface area contributed by atoms with Crippen LogP contribution < -0.4 is 5.32 Å². The molecule has 1 unspecified atom stereocenters. The summed E-state index contributed by atoms with van der Waals surface area (Å²) in [6, 6.07) is 0.289. The number of hydrogen-bond acceptors (Lipinski definition) is 2. The Labute approximate surface area is 106 Å². The Morgan fingerprint density at radius 1 is 1.35 bits per heavy atom. The molecule has 0 radical (unpaired) electrons. The summed E-state index contributed by atoms with van der Waals surface area (Å²) in [6.45, 7) is 10.8. The van der Waals surface area contributed by atoms with E-state index >= 15 is 0 Å². The first-order valence-corrected chi connectivity index (χ1v) is 6.78. The minimum Gasteiger partial charge on any atom is -0.343 e. The van der Waals surface area contributed by atoms with Gasteiger partial charge in [-0.15, -0.1) is 0 Å². The van der Waals surface area contributed by atoms with Crippen molar-refractivity contribution in [3.63, 3.8) is 0 Å². The summed E-state index contributed by atoms with van der Waals surface area (Å²) in [5.41, 5.74) is 0.151. The third-order valence-corrected chi connectivity index (χ3v) is 4.15. The lowest BCUT2D eigenvalue weighted by Crippen LogP contribution is -2.44. The van der Waals surface area contributed by atoms with Gasteiger partial charge in [0.05, 0.1) is 0 Å². The van der Waals surface area contributed by atoms with Crippen LogP contribution in [0.1, 0.15) is 47.0 Å². The summed E-state index contributed by atoms with van der Waals surface area (Å²) in [5.74, 6) is 0.887. The Kier molecular flexibility index (Phi) is 4.99. The van der Waals surface area contributed by atoms with E-state index in [2.05, 4.69) is 33.0 Å². The predicted molar refractivity (Wildman–Crippen MR) is 71.9 cm³/mol. The molecule has 0 aromatic heterocycles. The largest absolute Gasteiger partial charge is 0.343 e. The Morgan fingerprint density at radius 2 is 1.88 bits per heavy atom. The first kappa shape index (κ1) is 14.5. The second kappa shape index (κ2) is 5.85. The first-order valence-electron chi connectivity index (χ1n) is 6.78. The molecule has 0 spiro atoms. The normalized spacial score (nSPS) is 20.1. The predicted octanol–water partition coefficient (Wildman–Crippen LogP) is 2.27. The van der Waals surface area contributed by atoms with Crippen molar-refractivity contribution >= 4 is 5.91 Å². The standard InChI is InChI=1S/C14H28N2O/c1-11(14(2,3)4)16(5)13(17)10-12-6-8-15-9-7-12/h11-12,15H,6-10H2,1-5H3. The SMILES string of the molecule is CC(N(C)C(=O)CC1CCNCC1)C(C)(C)C. The number of carbonyl (C=O) groups is 1. The molecule has 1 aliphatic rings. The van der Waals surface area contributed by atoms with E-state index in [0.717, 1.165) is 32.4 Å². The van der Waals surface area contributed by atoms with Crippen molar-refractivity contribution in [2.24, 2.45) is 11.3 Å². The van der Waals surface area contributed by atoms with E-state index in [1.807, 2.05) is 11.9 Å². The van der Waals surface area contributed by atoms with E-state index < -0.39 is 0 Å². The van der Waals surface area contributed by atoms with Crippen molar-refractivity contribution in [1.29, 1.82) is 0 Å². The van der Waals surface area contributed by atoms with Crippen LogP contribution in [0.3, 0.4) is 0 Å². The van der Waals surface area contributed by atoms with Gasteiger partial charge in [0.25, 0.3) is 0 Å². The lowest BCUT2D eigenvalue weighted by Gasteiger charge is -2.36. The number of rotatable bonds is 3. The number of carbonyl (C=O) groups excluding carboxylic acids is 1. The molecule has 100 valence electrons. The molecule has 1 N–H and O–H groups in total. The van der Waals surface area contributed by atoms with Crippen LogP contribution in [0.5, 0.6) is 0 Å². The maximum atomic E-state index is 12.2. The fraction of sp³-hybridized carbons (Fsp3) is 0.929. The molecule has 1 atom stereocenters. The third-order valence-electron chi connectivity index (χ3n) is 4.15. The molecule has 0 aliphatic carbocycles. The molecule has 0 aromatic rings. The van der Waals surface area contributed by atoms with E-state index in [9.17, 15) is 4.79 Å². The molecule has 1 rings (SSSR count). The zero-order valence-corrected chi connectivity index (χ0v) is 12.0. The van der Waals surface area contributed by atoms with Gasteiger partial charge in [0, 0.05) is 19.5 Å². The quantitative estimate of drug-likeness (QED) is 0.821. The molecule has 1 fully saturated rings. The summed E-state index contributed by atoms with van der Waals surface area (Å²) in [5, 5.41) is 3.34. The Morgan fingerprint density at radius 3 is 2.35 bits per heavy atom. The molecule has 17 heavy (non-hydrogen) atoms. The second-order valence-corrected chi connectivity index (χ2v) is 6.44. The van der Waals surface area contributed by atoms with Crippen LogP contribution in [0.25, 0.3) is 0 Å². The molecule has 0 aromatic carbocycles. The number of nitrogens with zero attached hydrogens (tertiary/aromatic N) is 1. The van der Waals surface area contributed by atoms with E-state index in [4.69, 9.17) is 0 Å². The van der Waals surface area contributed by atoms with Crippen LogP contribution in [-0.4, -0.2) is 37.0 Å². The molecular weight excluding hydrogens is 212 g/mol. The van der Waals surface area contributed by atoms with Gasteiger partial charge in [-0.25, -0.2) is 0 Å². The van der Waals surface area contributed by atoms with E-state index in [0.29, 0.717) is 11.8 Å². The molecule has 3 heteroatoms. The van der Waals surface area contributed by atoms with Crippen molar-refractivity contribution in [2.45, 2.75) is 53.0 Å². The topological polar surface area (TPSA) is 32.3 Å². The van der Waals surface area contributed by atoms with Gasteiger partial charge in [-0.2, -0.15) is 0 Å². The van der Waals surface area contributed by atoms with Crippen molar-refractivity contribution in [2.75, 3.05) is 20.1 Å². The Hall–Kier alpha value is -0.570. The zero-order chi connectivity index (χ0) is 13.1. The average Bonchev–Trinajstić information content (AvgIpc) is 2.27. The highest BCUT2D eigenvalue weighted by molar-refractivity contribution is 5.76. The smallest absolute Gasteiger partial charge is 0.222 e. The third kappa shape index (κ3) is 4.30. The van der Waals surface area contributed by atoms with Crippen molar-refractivity contribution < 1.29 is 4.79 Å². The van der Waals surface area contributed by atoms with Gasteiger partial charge in [-0.1, -0.05) is 20.8 Å². The molecule has 1 amide bonds. The summed E-state index contributed by atoms with van der Waals surface area (Å²) in [4.78, 5) is 14.1. The summed E-state index contributed by atoms with van der Waals surface area (Å²) >= 11 is 0. The number of amides is 1. The van der Waals surface area contributed by atoms with Crippen LogP contribution >= 0.6 is 0 Å². The average molecular weight is 240 g/mol. The zero-order valence-electron chi connectivity index (χ0n) is 12.0. The highest BCUT2D eigenvalue weighted by Crippen LogP contribution is 2.25. The monoisotopic (exact) mass is 240 g/mol. The molecule has 0 saturated carbocycles. The van der Waals surface area contributed by atoms with Crippen LogP contribution in [0.2, 0.25) is 0 Å². The summed E-state index contributed by atoms with van der Waals surface area (Å²) < 4.78 is 0. The number of nitrogens with one attached hydrogen (secondary N) is 1. The van der Waals surface area contributed by atoms with Crippen molar-refractivity contribution in [3.05, 3.63) is 0 Å². The Balaban J connectivity index is 2.46. The molecular formula is C14H28N2O.